The molecular weight excluding hydrogens is 204 g/mol. The maximum Gasteiger partial charge on any atom is 0.288 e. The van der Waals surface area contributed by atoms with E-state index in [0.717, 1.165) is 24.8 Å². The Kier molecular flexibility index (Phi) is 1.92. The Morgan fingerprint density at radius 1 is 1.25 bits per heavy atom. The van der Waals surface area contributed by atoms with Gasteiger partial charge >= 0.3 is 0 Å². The van der Waals surface area contributed by atoms with Crippen molar-refractivity contribution >= 4 is 17.0 Å². The van der Waals surface area contributed by atoms with Crippen LogP contribution < -0.4 is 10.6 Å². The Balaban J connectivity index is 2.38. The molecule has 1 heterocycles. The topological polar surface area (TPSA) is 78.7 Å². The van der Waals surface area contributed by atoms with Crippen LogP contribution in [0.1, 0.15) is 24.0 Å². The molecule has 0 unspecified atom stereocenters. The summed E-state index contributed by atoms with van der Waals surface area (Å²) in [6.07, 6.45) is 4.28. The quantitative estimate of drug-likeness (QED) is 0.520. The molecule has 16 heavy (non-hydrogen) atoms. The summed E-state index contributed by atoms with van der Waals surface area (Å²) in [5, 5.41) is 15.4. The highest BCUT2D eigenvalue weighted by molar-refractivity contribution is 5.77. The van der Waals surface area contributed by atoms with Gasteiger partial charge in [0.25, 0.3) is 11.5 Å². The number of aromatic nitrogens is 3. The molecule has 0 fully saturated rings. The summed E-state index contributed by atoms with van der Waals surface area (Å²) in [5.41, 5.74) is 9.03. The molecule has 0 atom stereocenters. The molecule has 3 rings (SSSR count). The molecule has 1 aliphatic rings. The lowest BCUT2D eigenvalue weighted by Gasteiger charge is -2.15. The molecule has 5 heteroatoms. The van der Waals surface area contributed by atoms with Crippen molar-refractivity contribution in [2.75, 3.05) is 5.73 Å². The Morgan fingerprint density at radius 2 is 2.06 bits per heavy atom. The Bertz CT molecular complexity index is 567. The molecule has 0 saturated heterocycles. The van der Waals surface area contributed by atoms with Crippen molar-refractivity contribution in [1.82, 2.24) is 10.1 Å². The van der Waals surface area contributed by atoms with E-state index in [4.69, 9.17) is 5.73 Å². The minimum absolute atomic E-state index is 0.0262. The fourth-order valence-corrected chi connectivity index (χ4v) is 2.39. The zero-order valence-corrected chi connectivity index (χ0v) is 8.81. The lowest BCUT2D eigenvalue weighted by Crippen LogP contribution is -2.35. The molecule has 2 aromatic rings. The van der Waals surface area contributed by atoms with Crippen molar-refractivity contribution in [2.24, 2.45) is 0 Å². The van der Waals surface area contributed by atoms with E-state index >= 15 is 0 Å². The highest BCUT2D eigenvalue weighted by Crippen LogP contribution is 2.26. The van der Waals surface area contributed by atoms with Crippen molar-refractivity contribution in [3.05, 3.63) is 28.5 Å². The molecular formula is C11H12N4O. The smallest absolute Gasteiger partial charge is 0.288 e. The minimum atomic E-state index is 0.0262. The van der Waals surface area contributed by atoms with Gasteiger partial charge in [-0.1, -0.05) is 6.07 Å². The summed E-state index contributed by atoms with van der Waals surface area (Å²) in [5.74, 6) is 0.0262. The van der Waals surface area contributed by atoms with Crippen LogP contribution in [0.3, 0.4) is 0 Å². The van der Waals surface area contributed by atoms with Gasteiger partial charge in [-0.05, 0) is 42.2 Å². The zero-order valence-electron chi connectivity index (χ0n) is 8.81. The highest BCUT2D eigenvalue weighted by Gasteiger charge is 2.20. The molecule has 82 valence electrons. The maximum absolute atomic E-state index is 11.8. The van der Waals surface area contributed by atoms with E-state index in [1.165, 1.54) is 12.0 Å². The van der Waals surface area contributed by atoms with Crippen LogP contribution in [0.4, 0.5) is 5.95 Å². The number of anilines is 1. The zero-order chi connectivity index (χ0) is 11.1. The van der Waals surface area contributed by atoms with Crippen LogP contribution >= 0.6 is 0 Å². The third-order valence-corrected chi connectivity index (χ3v) is 3.10. The third kappa shape index (κ3) is 1.28. The van der Waals surface area contributed by atoms with Crippen LogP contribution in [0.25, 0.3) is 11.0 Å². The SMILES string of the molecule is Nc1nc2ccc3c(c2[n+]([O-])n1)CCCC3. The van der Waals surface area contributed by atoms with Gasteiger partial charge in [-0.2, -0.15) is 0 Å². The lowest BCUT2D eigenvalue weighted by molar-refractivity contribution is -0.641. The van der Waals surface area contributed by atoms with Gasteiger partial charge in [0.15, 0.2) is 0 Å². The normalized spacial score (nSPS) is 15.0. The number of fused-ring (bicyclic) bond motifs is 3. The molecule has 5 nitrogen and oxygen atoms in total. The summed E-state index contributed by atoms with van der Waals surface area (Å²) >= 11 is 0. The second-order valence-electron chi connectivity index (χ2n) is 4.12. The van der Waals surface area contributed by atoms with Gasteiger partial charge in [-0.15, -0.1) is 0 Å². The van der Waals surface area contributed by atoms with E-state index in [2.05, 4.69) is 10.1 Å². The molecule has 0 radical (unpaired) electrons. The van der Waals surface area contributed by atoms with Crippen LogP contribution in [-0.4, -0.2) is 10.1 Å². The van der Waals surface area contributed by atoms with E-state index in [1.54, 1.807) is 0 Å². The first-order valence-corrected chi connectivity index (χ1v) is 5.43. The van der Waals surface area contributed by atoms with Gasteiger partial charge < -0.3 is 10.9 Å². The summed E-state index contributed by atoms with van der Waals surface area (Å²) in [4.78, 5) is 4.70. The average molecular weight is 216 g/mol. The number of hydrogen-bond acceptors (Lipinski definition) is 4. The van der Waals surface area contributed by atoms with Gasteiger partial charge in [-0.3, -0.25) is 0 Å². The summed E-state index contributed by atoms with van der Waals surface area (Å²) < 4.78 is 0. The maximum atomic E-state index is 11.8. The fourth-order valence-electron chi connectivity index (χ4n) is 2.39. The molecule has 0 bridgehead atoms. The first kappa shape index (κ1) is 9.33. The highest BCUT2D eigenvalue weighted by atomic mass is 16.5. The number of nitrogens with two attached hydrogens (primary N) is 1. The van der Waals surface area contributed by atoms with E-state index in [-0.39, 0.29) is 5.95 Å². The molecule has 2 N–H and O–H groups in total. The number of aryl methyl sites for hydroxylation is 2. The Hall–Kier alpha value is -1.91. The van der Waals surface area contributed by atoms with Crippen molar-refractivity contribution in [3.63, 3.8) is 0 Å². The number of rotatable bonds is 0. The van der Waals surface area contributed by atoms with Crippen LogP contribution in [-0.2, 0) is 12.8 Å². The van der Waals surface area contributed by atoms with E-state index in [9.17, 15) is 5.21 Å². The predicted octanol–water partition coefficient (Wildman–Crippen LogP) is 0.724. The number of hydrogen-bond donors (Lipinski definition) is 1. The number of nitrogens with zero attached hydrogens (tertiary/aromatic N) is 3. The first-order chi connectivity index (χ1) is 7.75. The van der Waals surface area contributed by atoms with E-state index < -0.39 is 0 Å². The molecule has 0 amide bonds. The molecule has 0 spiro atoms. The monoisotopic (exact) mass is 216 g/mol. The molecule has 0 aliphatic heterocycles. The van der Waals surface area contributed by atoms with Gasteiger partial charge in [0.2, 0.25) is 0 Å². The van der Waals surface area contributed by atoms with Crippen LogP contribution in [0.2, 0.25) is 0 Å². The summed E-state index contributed by atoms with van der Waals surface area (Å²) in [6, 6.07) is 3.90. The summed E-state index contributed by atoms with van der Waals surface area (Å²) in [7, 11) is 0. The number of benzene rings is 1. The molecule has 1 aromatic heterocycles. The molecule has 1 aliphatic carbocycles. The second-order valence-corrected chi connectivity index (χ2v) is 4.12. The van der Waals surface area contributed by atoms with Gasteiger partial charge in [0, 0.05) is 5.56 Å². The van der Waals surface area contributed by atoms with Gasteiger partial charge in [-0.25, -0.2) is 4.98 Å². The van der Waals surface area contributed by atoms with Crippen molar-refractivity contribution < 1.29 is 4.85 Å². The van der Waals surface area contributed by atoms with Crippen LogP contribution in [0.5, 0.6) is 0 Å². The largest absolute Gasteiger partial charge is 0.594 e. The standard InChI is InChI=1S/C11H12N4O/c12-11-13-9-6-5-7-3-1-2-4-8(7)10(9)15(16)14-11/h5-6H,1-4H2,(H2,12,13,14). The van der Waals surface area contributed by atoms with Crippen LogP contribution in [0.15, 0.2) is 12.1 Å². The van der Waals surface area contributed by atoms with E-state index in [1.807, 2.05) is 12.1 Å². The minimum Gasteiger partial charge on any atom is -0.594 e. The average Bonchev–Trinajstić information content (AvgIpc) is 2.28. The second kappa shape index (κ2) is 3.30. The Labute approximate surface area is 92.5 Å². The number of nitrogen functional groups attached to an aromatic ring is 1. The van der Waals surface area contributed by atoms with Crippen molar-refractivity contribution in [1.29, 1.82) is 0 Å². The van der Waals surface area contributed by atoms with E-state index in [0.29, 0.717) is 15.9 Å². The van der Waals surface area contributed by atoms with Crippen molar-refractivity contribution in [3.8, 4) is 0 Å². The fraction of sp³-hybridized carbons (Fsp3) is 0.364. The van der Waals surface area contributed by atoms with Gasteiger partial charge in [0.1, 0.15) is 5.52 Å². The van der Waals surface area contributed by atoms with Gasteiger partial charge in [0.05, 0.1) is 5.10 Å². The molecule has 0 saturated carbocycles. The van der Waals surface area contributed by atoms with Crippen molar-refractivity contribution in [2.45, 2.75) is 25.7 Å². The van der Waals surface area contributed by atoms with Crippen LogP contribution in [0, 0.1) is 5.21 Å². The first-order valence-electron chi connectivity index (χ1n) is 5.43. The summed E-state index contributed by atoms with van der Waals surface area (Å²) in [6.45, 7) is 0. The molecule has 1 aromatic carbocycles. The lowest BCUT2D eigenvalue weighted by atomic mass is 9.91. The Morgan fingerprint density at radius 3 is 2.94 bits per heavy atom. The predicted molar refractivity (Wildman–Crippen MR) is 59.6 cm³/mol. The third-order valence-electron chi connectivity index (χ3n) is 3.10.